The number of azo groups is 1. The van der Waals surface area contributed by atoms with Crippen LogP contribution in [0.1, 0.15) is 10.4 Å². The summed E-state index contributed by atoms with van der Waals surface area (Å²) in [6.07, 6.45) is 7.43. The van der Waals surface area contributed by atoms with Crippen molar-refractivity contribution in [2.75, 3.05) is 5.32 Å². The summed E-state index contributed by atoms with van der Waals surface area (Å²) in [5, 5.41) is 27.3. The van der Waals surface area contributed by atoms with Gasteiger partial charge in [-0.05, 0) is 17.5 Å². The van der Waals surface area contributed by atoms with Crippen LogP contribution in [0.15, 0.2) is 77.6 Å². The number of nitrogens with zero attached hydrogens (tertiary/aromatic N) is 8. The summed E-state index contributed by atoms with van der Waals surface area (Å²) in [4.78, 5) is 31.2. The van der Waals surface area contributed by atoms with E-state index < -0.39 is 5.91 Å². The zero-order valence-electron chi connectivity index (χ0n) is 17.3. The van der Waals surface area contributed by atoms with Gasteiger partial charge in [-0.2, -0.15) is 9.78 Å². The highest BCUT2D eigenvalue weighted by atomic mass is 16.3. The molecule has 164 valence electrons. The minimum Gasteiger partial charge on any atom is -0.505 e. The van der Waals surface area contributed by atoms with Crippen LogP contribution in [0.3, 0.4) is 0 Å². The lowest BCUT2D eigenvalue weighted by Crippen LogP contribution is -2.13. The van der Waals surface area contributed by atoms with Crippen molar-refractivity contribution in [1.82, 2.24) is 29.7 Å². The van der Waals surface area contributed by atoms with Crippen LogP contribution in [0, 0.1) is 6.57 Å². The molecule has 5 rings (SSSR count). The number of imidazole rings is 1. The number of H-pyrrole nitrogens is 1. The van der Waals surface area contributed by atoms with Crippen LogP contribution < -0.4 is 5.32 Å². The number of aromatic hydroxyl groups is 1. The standard InChI is InChI=1S/C22H14N10O2/c1-23-16-12-28-32(22-26-7-4-8-27-22)19(16)31-30-17-14-6-3-2-5-13(14)11-15(18(17)33)20(34)29-21-24-9-10-25-21/h2-12,33H,(H2,24,25,29,34). The molecule has 0 atom stereocenters. The van der Waals surface area contributed by atoms with E-state index in [0.717, 1.165) is 0 Å². The number of rotatable bonds is 5. The van der Waals surface area contributed by atoms with Gasteiger partial charge in [-0.15, -0.1) is 10.2 Å². The molecule has 0 aliphatic carbocycles. The Morgan fingerprint density at radius 1 is 1.12 bits per heavy atom. The van der Waals surface area contributed by atoms with Gasteiger partial charge in [-0.25, -0.2) is 19.8 Å². The molecule has 5 aromatic rings. The van der Waals surface area contributed by atoms with Crippen LogP contribution in [0.5, 0.6) is 5.75 Å². The Morgan fingerprint density at radius 2 is 1.94 bits per heavy atom. The molecule has 0 fully saturated rings. The molecule has 34 heavy (non-hydrogen) atoms. The van der Waals surface area contributed by atoms with Crippen molar-refractivity contribution in [3.63, 3.8) is 0 Å². The van der Waals surface area contributed by atoms with Crippen LogP contribution >= 0.6 is 0 Å². The molecular weight excluding hydrogens is 436 g/mol. The number of carbonyl (C=O) groups excluding carboxylic acids is 1. The normalized spacial score (nSPS) is 11.0. The van der Waals surface area contributed by atoms with E-state index in [0.29, 0.717) is 10.8 Å². The highest BCUT2D eigenvalue weighted by molar-refractivity contribution is 6.11. The Kier molecular flexibility index (Phi) is 5.17. The van der Waals surface area contributed by atoms with Gasteiger partial charge in [0, 0.05) is 30.2 Å². The van der Waals surface area contributed by atoms with E-state index >= 15 is 0 Å². The molecule has 0 bridgehead atoms. The zero-order chi connectivity index (χ0) is 23.5. The first-order valence-corrected chi connectivity index (χ1v) is 9.86. The molecule has 0 unspecified atom stereocenters. The van der Waals surface area contributed by atoms with Gasteiger partial charge in [0.15, 0.2) is 11.6 Å². The monoisotopic (exact) mass is 450 g/mol. The summed E-state index contributed by atoms with van der Waals surface area (Å²) >= 11 is 0. The first-order chi connectivity index (χ1) is 16.7. The predicted molar refractivity (Wildman–Crippen MR) is 122 cm³/mol. The number of aromatic nitrogens is 6. The second kappa shape index (κ2) is 8.60. The van der Waals surface area contributed by atoms with Gasteiger partial charge in [-0.1, -0.05) is 24.3 Å². The number of carbonyl (C=O) groups is 1. The first-order valence-electron chi connectivity index (χ1n) is 9.86. The molecule has 0 saturated carbocycles. The summed E-state index contributed by atoms with van der Waals surface area (Å²) in [6, 6.07) is 10.3. The molecule has 0 radical (unpaired) electrons. The Labute approximate surface area is 191 Å². The van der Waals surface area contributed by atoms with Crippen molar-refractivity contribution in [2.24, 2.45) is 10.2 Å². The minimum absolute atomic E-state index is 0.0191. The average Bonchev–Trinajstić information content (AvgIpc) is 3.53. The number of hydrogen-bond acceptors (Lipinski definition) is 8. The molecule has 3 heterocycles. The Hall–Kier alpha value is -5.44. The largest absolute Gasteiger partial charge is 0.505 e. The topological polar surface area (TPSA) is 151 Å². The van der Waals surface area contributed by atoms with Crippen LogP contribution in [-0.4, -0.2) is 40.7 Å². The number of phenols is 1. The number of amides is 1. The summed E-state index contributed by atoms with van der Waals surface area (Å²) in [5.74, 6) is -0.451. The van der Waals surface area contributed by atoms with Crippen LogP contribution in [0.4, 0.5) is 23.1 Å². The summed E-state index contributed by atoms with van der Waals surface area (Å²) in [7, 11) is 0. The van der Waals surface area contributed by atoms with Crippen molar-refractivity contribution in [1.29, 1.82) is 0 Å². The fraction of sp³-hybridized carbons (Fsp3) is 0. The molecular formula is C22H14N10O2. The van der Waals surface area contributed by atoms with E-state index in [9.17, 15) is 9.90 Å². The van der Waals surface area contributed by atoms with Gasteiger partial charge in [0.25, 0.3) is 17.5 Å². The van der Waals surface area contributed by atoms with Crippen molar-refractivity contribution < 1.29 is 9.90 Å². The van der Waals surface area contributed by atoms with Gasteiger partial charge in [0.2, 0.25) is 5.95 Å². The molecule has 0 aliphatic heterocycles. The molecule has 1 amide bonds. The van der Waals surface area contributed by atoms with Crippen LogP contribution in [0.25, 0.3) is 21.6 Å². The molecule has 3 aromatic heterocycles. The van der Waals surface area contributed by atoms with E-state index in [1.165, 1.54) is 29.5 Å². The lowest BCUT2D eigenvalue weighted by molar-refractivity contribution is 0.102. The molecule has 12 heteroatoms. The number of fused-ring (bicyclic) bond motifs is 1. The Balaban J connectivity index is 1.62. The van der Waals surface area contributed by atoms with Crippen molar-refractivity contribution in [2.45, 2.75) is 0 Å². The van der Waals surface area contributed by atoms with Crippen molar-refractivity contribution in [3.8, 4) is 11.7 Å². The van der Waals surface area contributed by atoms with Crippen LogP contribution in [-0.2, 0) is 0 Å². The summed E-state index contributed by atoms with van der Waals surface area (Å²) in [6.45, 7) is 7.42. The predicted octanol–water partition coefficient (Wildman–Crippen LogP) is 4.46. The third-order valence-electron chi connectivity index (χ3n) is 4.80. The van der Waals surface area contributed by atoms with Gasteiger partial charge >= 0.3 is 0 Å². The third kappa shape index (κ3) is 3.69. The zero-order valence-corrected chi connectivity index (χ0v) is 17.3. The second-order valence-corrected chi connectivity index (χ2v) is 6.86. The number of benzene rings is 2. The second-order valence-electron chi connectivity index (χ2n) is 6.86. The molecule has 12 nitrogen and oxygen atoms in total. The first kappa shape index (κ1) is 20.5. The van der Waals surface area contributed by atoms with Crippen molar-refractivity contribution >= 4 is 39.8 Å². The maximum Gasteiger partial charge on any atom is 0.261 e. The molecule has 0 spiro atoms. The van der Waals surface area contributed by atoms with E-state index in [4.69, 9.17) is 6.57 Å². The highest BCUT2D eigenvalue weighted by Crippen LogP contribution is 2.40. The van der Waals surface area contributed by atoms with E-state index in [-0.39, 0.29) is 40.4 Å². The van der Waals surface area contributed by atoms with Gasteiger partial charge in [-0.3, -0.25) is 10.1 Å². The van der Waals surface area contributed by atoms with Crippen molar-refractivity contribution in [3.05, 3.63) is 84.4 Å². The van der Waals surface area contributed by atoms with E-state index in [1.54, 1.807) is 42.6 Å². The van der Waals surface area contributed by atoms with Crippen LogP contribution in [0.2, 0.25) is 0 Å². The van der Waals surface area contributed by atoms with E-state index in [1.807, 2.05) is 0 Å². The fourth-order valence-electron chi connectivity index (χ4n) is 3.25. The quantitative estimate of drug-likeness (QED) is 0.266. The van der Waals surface area contributed by atoms with Gasteiger partial charge in [0.1, 0.15) is 5.69 Å². The fourth-order valence-corrected chi connectivity index (χ4v) is 3.25. The maximum absolute atomic E-state index is 12.8. The lowest BCUT2D eigenvalue weighted by atomic mass is 10.0. The van der Waals surface area contributed by atoms with E-state index in [2.05, 4.69) is 45.4 Å². The lowest BCUT2D eigenvalue weighted by Gasteiger charge is -2.10. The number of hydrogen-bond donors (Lipinski definition) is 3. The SMILES string of the molecule is [C-]#[N+]c1cnn(-c2ncccn2)c1N=Nc1c(O)c(C(=O)Nc2ncc[nH]2)cc2ccccc12. The number of nitrogens with one attached hydrogen (secondary N) is 2. The third-order valence-corrected chi connectivity index (χ3v) is 4.80. The number of phenolic OH excluding ortho intramolecular Hbond substituents is 1. The maximum atomic E-state index is 12.8. The average molecular weight is 450 g/mol. The minimum atomic E-state index is -0.584. The van der Waals surface area contributed by atoms with Gasteiger partial charge in [0.05, 0.1) is 18.3 Å². The molecule has 2 aromatic carbocycles. The van der Waals surface area contributed by atoms with Gasteiger partial charge < -0.3 is 10.1 Å². The number of aromatic amines is 1. The number of anilines is 1. The molecule has 0 aliphatic rings. The smallest absolute Gasteiger partial charge is 0.261 e. The Morgan fingerprint density at radius 3 is 2.71 bits per heavy atom. The highest BCUT2D eigenvalue weighted by Gasteiger charge is 2.20. The molecule has 3 N–H and O–H groups in total. The molecule has 0 saturated heterocycles. The Bertz CT molecular complexity index is 1570. The summed E-state index contributed by atoms with van der Waals surface area (Å²) < 4.78 is 1.27. The summed E-state index contributed by atoms with van der Waals surface area (Å²) in [5.41, 5.74) is 0.154.